The Morgan fingerprint density at radius 3 is 2.95 bits per heavy atom. The molecule has 3 nitrogen and oxygen atoms in total. The van der Waals surface area contributed by atoms with Crippen LogP contribution in [0.4, 0.5) is 0 Å². The number of aliphatic hydroxyl groups excluding tert-OH is 1. The molecule has 1 aromatic rings. The number of carbonyl (C=O) groups is 1. The number of piperidine rings is 1. The number of hydrogen-bond donors (Lipinski definition) is 1. The van der Waals surface area contributed by atoms with E-state index in [0.717, 1.165) is 25.8 Å². The maximum atomic E-state index is 12.4. The van der Waals surface area contributed by atoms with Gasteiger partial charge in [0.05, 0.1) is 15.6 Å². The van der Waals surface area contributed by atoms with Crippen LogP contribution in [0.1, 0.15) is 29.6 Å². The Morgan fingerprint density at radius 1 is 1.42 bits per heavy atom. The van der Waals surface area contributed by atoms with E-state index in [1.165, 1.54) is 0 Å². The van der Waals surface area contributed by atoms with Crippen molar-refractivity contribution in [3.63, 3.8) is 0 Å². The van der Waals surface area contributed by atoms with Crippen LogP contribution in [0.3, 0.4) is 0 Å². The monoisotopic (exact) mass is 301 g/mol. The third-order valence-corrected chi connectivity index (χ3v) is 4.34. The summed E-state index contributed by atoms with van der Waals surface area (Å²) in [5, 5.41) is 9.72. The molecule has 1 atom stereocenters. The normalized spacial score (nSPS) is 19.5. The van der Waals surface area contributed by atoms with E-state index >= 15 is 0 Å². The molecule has 1 N–H and O–H groups in total. The maximum Gasteiger partial charge on any atom is 0.255 e. The van der Waals surface area contributed by atoms with Crippen molar-refractivity contribution in [1.82, 2.24) is 4.90 Å². The highest BCUT2D eigenvalue weighted by Gasteiger charge is 2.25. The van der Waals surface area contributed by atoms with Gasteiger partial charge in [-0.15, -0.1) is 0 Å². The van der Waals surface area contributed by atoms with Crippen LogP contribution < -0.4 is 0 Å². The van der Waals surface area contributed by atoms with E-state index < -0.39 is 0 Å². The number of hydrogen-bond acceptors (Lipinski definition) is 2. The lowest BCUT2D eigenvalue weighted by molar-refractivity contribution is 0.0654. The van der Waals surface area contributed by atoms with Crippen LogP contribution in [0, 0.1) is 5.92 Å². The zero-order chi connectivity index (χ0) is 13.8. The minimum atomic E-state index is -0.0739. The molecule has 1 heterocycles. The molecule has 0 radical (unpaired) electrons. The highest BCUT2D eigenvalue weighted by molar-refractivity contribution is 6.43. The lowest BCUT2D eigenvalue weighted by Crippen LogP contribution is -2.40. The summed E-state index contributed by atoms with van der Waals surface area (Å²) in [7, 11) is 0. The van der Waals surface area contributed by atoms with Gasteiger partial charge in [0.1, 0.15) is 0 Å². The SMILES string of the molecule is O=C(c1cccc(Cl)c1Cl)N1CCCC(CCO)C1. The lowest BCUT2D eigenvalue weighted by Gasteiger charge is -2.32. The standard InChI is InChI=1S/C14H17Cl2NO2/c15-12-5-1-4-11(13(12)16)14(19)17-7-2-3-10(9-17)6-8-18/h1,4-5,10,18H,2-3,6-9H2. The fourth-order valence-electron chi connectivity index (χ4n) is 2.51. The van der Waals surface area contributed by atoms with E-state index in [2.05, 4.69) is 0 Å². The van der Waals surface area contributed by atoms with E-state index in [1.54, 1.807) is 23.1 Å². The largest absolute Gasteiger partial charge is 0.396 e. The molecule has 0 saturated carbocycles. The van der Waals surface area contributed by atoms with E-state index in [1.807, 2.05) is 0 Å². The fraction of sp³-hybridized carbons (Fsp3) is 0.500. The third-order valence-electron chi connectivity index (χ3n) is 3.53. The van der Waals surface area contributed by atoms with Crippen molar-refractivity contribution in [2.45, 2.75) is 19.3 Å². The predicted molar refractivity (Wildman–Crippen MR) is 76.8 cm³/mol. The molecule has 0 aromatic heterocycles. The molecule has 0 bridgehead atoms. The maximum absolute atomic E-state index is 12.4. The first-order valence-corrected chi connectivity index (χ1v) is 7.23. The summed E-state index contributed by atoms with van der Waals surface area (Å²) >= 11 is 12.0. The first-order chi connectivity index (χ1) is 9.13. The van der Waals surface area contributed by atoms with Crippen molar-refractivity contribution < 1.29 is 9.90 Å². The molecule has 19 heavy (non-hydrogen) atoms. The number of aliphatic hydroxyl groups is 1. The summed E-state index contributed by atoms with van der Waals surface area (Å²) in [4.78, 5) is 14.2. The van der Waals surface area contributed by atoms with Gasteiger partial charge in [0.15, 0.2) is 0 Å². The number of halogens is 2. The molecule has 1 fully saturated rings. The fourth-order valence-corrected chi connectivity index (χ4v) is 2.89. The van der Waals surface area contributed by atoms with Crippen molar-refractivity contribution in [2.75, 3.05) is 19.7 Å². The Bertz CT molecular complexity index is 463. The van der Waals surface area contributed by atoms with Gasteiger partial charge in [-0.3, -0.25) is 4.79 Å². The molecule has 104 valence electrons. The molecule has 1 saturated heterocycles. The molecule has 1 aliphatic rings. The van der Waals surface area contributed by atoms with Crippen molar-refractivity contribution >= 4 is 29.1 Å². The van der Waals surface area contributed by atoms with Crippen molar-refractivity contribution in [2.24, 2.45) is 5.92 Å². The van der Waals surface area contributed by atoms with Gasteiger partial charge in [-0.1, -0.05) is 29.3 Å². The van der Waals surface area contributed by atoms with Crippen LogP contribution in [0.25, 0.3) is 0 Å². The van der Waals surface area contributed by atoms with Gasteiger partial charge in [-0.2, -0.15) is 0 Å². The van der Waals surface area contributed by atoms with Crippen LogP contribution in [0.15, 0.2) is 18.2 Å². The van der Waals surface area contributed by atoms with Crippen molar-refractivity contribution in [3.8, 4) is 0 Å². The zero-order valence-corrected chi connectivity index (χ0v) is 12.1. The summed E-state index contributed by atoms with van der Waals surface area (Å²) < 4.78 is 0. The molecule has 1 aliphatic heterocycles. The van der Waals surface area contributed by atoms with E-state index in [9.17, 15) is 4.79 Å². The number of benzene rings is 1. The molecule has 1 unspecified atom stereocenters. The summed E-state index contributed by atoms with van der Waals surface area (Å²) in [6.07, 6.45) is 2.77. The second-order valence-corrected chi connectivity index (χ2v) is 5.66. The number of likely N-dealkylation sites (tertiary alicyclic amines) is 1. The van der Waals surface area contributed by atoms with Gasteiger partial charge in [-0.25, -0.2) is 0 Å². The Hall–Kier alpha value is -0.770. The lowest BCUT2D eigenvalue weighted by atomic mass is 9.94. The Labute approximate surface area is 123 Å². The number of rotatable bonds is 3. The van der Waals surface area contributed by atoms with E-state index in [4.69, 9.17) is 28.3 Å². The molecular formula is C14H17Cl2NO2. The summed E-state index contributed by atoms with van der Waals surface area (Å²) in [6.45, 7) is 1.59. The molecule has 1 aromatic carbocycles. The number of carbonyl (C=O) groups excluding carboxylic acids is 1. The highest BCUT2D eigenvalue weighted by Crippen LogP contribution is 2.28. The third kappa shape index (κ3) is 3.41. The highest BCUT2D eigenvalue weighted by atomic mass is 35.5. The molecule has 5 heteroatoms. The van der Waals surface area contributed by atoms with Gasteiger partial charge in [0.2, 0.25) is 0 Å². The molecule has 1 amide bonds. The summed E-state index contributed by atoms with van der Waals surface area (Å²) in [5.41, 5.74) is 0.457. The van der Waals surface area contributed by atoms with Crippen LogP contribution in [-0.4, -0.2) is 35.6 Å². The molecule has 0 aliphatic carbocycles. The summed E-state index contributed by atoms with van der Waals surface area (Å²) in [5.74, 6) is 0.302. The molecule has 0 spiro atoms. The first kappa shape index (κ1) is 14.6. The Morgan fingerprint density at radius 2 is 2.21 bits per heavy atom. The van der Waals surface area contributed by atoms with Gasteiger partial charge in [-0.05, 0) is 37.3 Å². The predicted octanol–water partition coefficient (Wildman–Crippen LogP) is 3.23. The van der Waals surface area contributed by atoms with Gasteiger partial charge in [0.25, 0.3) is 5.91 Å². The van der Waals surface area contributed by atoms with Crippen molar-refractivity contribution in [1.29, 1.82) is 0 Å². The second-order valence-electron chi connectivity index (χ2n) is 4.87. The topological polar surface area (TPSA) is 40.5 Å². The summed E-state index contributed by atoms with van der Waals surface area (Å²) in [6, 6.07) is 5.11. The second kappa shape index (κ2) is 6.60. The Balaban J connectivity index is 2.12. The zero-order valence-electron chi connectivity index (χ0n) is 10.6. The van der Waals surface area contributed by atoms with Crippen LogP contribution in [0.5, 0.6) is 0 Å². The minimum Gasteiger partial charge on any atom is -0.396 e. The van der Waals surface area contributed by atoms with Crippen LogP contribution in [0.2, 0.25) is 10.0 Å². The van der Waals surface area contributed by atoms with Crippen LogP contribution >= 0.6 is 23.2 Å². The quantitative estimate of drug-likeness (QED) is 0.931. The van der Waals surface area contributed by atoms with Gasteiger partial charge in [0, 0.05) is 19.7 Å². The molecule has 2 rings (SSSR count). The Kier molecular flexibility index (Phi) is 5.08. The first-order valence-electron chi connectivity index (χ1n) is 6.47. The number of nitrogens with zero attached hydrogens (tertiary/aromatic N) is 1. The van der Waals surface area contributed by atoms with E-state index in [0.29, 0.717) is 28.1 Å². The molecular weight excluding hydrogens is 285 g/mol. The minimum absolute atomic E-state index is 0.0739. The number of amides is 1. The van der Waals surface area contributed by atoms with Gasteiger partial charge < -0.3 is 10.0 Å². The van der Waals surface area contributed by atoms with Gasteiger partial charge >= 0.3 is 0 Å². The average molecular weight is 302 g/mol. The average Bonchev–Trinajstić information content (AvgIpc) is 2.42. The smallest absolute Gasteiger partial charge is 0.255 e. The van der Waals surface area contributed by atoms with Crippen LogP contribution in [-0.2, 0) is 0 Å². The van der Waals surface area contributed by atoms with E-state index in [-0.39, 0.29) is 12.5 Å². The van der Waals surface area contributed by atoms with Crippen molar-refractivity contribution in [3.05, 3.63) is 33.8 Å².